The second kappa shape index (κ2) is 11.9. The molecule has 3 aromatic carbocycles. The third-order valence-corrected chi connectivity index (χ3v) is 5.34. The fourth-order valence-corrected chi connectivity index (χ4v) is 3.48. The lowest BCUT2D eigenvalue weighted by Crippen LogP contribution is -2.07. The zero-order chi connectivity index (χ0) is 23.6. The van der Waals surface area contributed by atoms with Crippen LogP contribution in [0.2, 0.25) is 0 Å². The molecule has 0 aliphatic rings. The van der Waals surface area contributed by atoms with Gasteiger partial charge in [0.25, 0.3) is 0 Å². The van der Waals surface area contributed by atoms with Crippen molar-refractivity contribution in [1.29, 1.82) is 0 Å². The Kier molecular flexibility index (Phi) is 8.64. The summed E-state index contributed by atoms with van der Waals surface area (Å²) in [7, 11) is 0. The third-order valence-electron chi connectivity index (χ3n) is 5.34. The van der Waals surface area contributed by atoms with E-state index in [1.165, 1.54) is 16.7 Å². The summed E-state index contributed by atoms with van der Waals surface area (Å²) < 4.78 is 5.65. The Morgan fingerprint density at radius 2 is 1.61 bits per heavy atom. The van der Waals surface area contributed by atoms with Gasteiger partial charge >= 0.3 is 5.97 Å². The minimum Gasteiger partial charge on any atom is -0.490 e. The van der Waals surface area contributed by atoms with Crippen molar-refractivity contribution < 1.29 is 19.5 Å². The van der Waals surface area contributed by atoms with Gasteiger partial charge in [-0.05, 0) is 52.3 Å². The first-order valence-corrected chi connectivity index (χ1v) is 11.3. The standard InChI is InChI=1S/C28H31NO4/c1-4-27(29-33-17-16-32-26-7-5-6-21(18-26)19-28(30)31)25-14-12-24(13-15-25)23-10-8-22(9-11-23)20(2)3/h5-15,18,20H,4,16-17,19H2,1-3H3,(H,30,31)/b29-27+. The number of oxime groups is 1. The van der Waals surface area contributed by atoms with E-state index < -0.39 is 5.97 Å². The number of benzene rings is 3. The summed E-state index contributed by atoms with van der Waals surface area (Å²) in [6.45, 7) is 7.06. The Morgan fingerprint density at radius 1 is 0.939 bits per heavy atom. The molecule has 1 N–H and O–H groups in total. The zero-order valence-corrected chi connectivity index (χ0v) is 19.5. The summed E-state index contributed by atoms with van der Waals surface area (Å²) in [6, 6.07) is 24.1. The van der Waals surface area contributed by atoms with Crippen LogP contribution in [0.15, 0.2) is 78.0 Å². The molecule has 5 nitrogen and oxygen atoms in total. The first-order valence-electron chi connectivity index (χ1n) is 11.3. The van der Waals surface area contributed by atoms with Crippen molar-refractivity contribution in [3.8, 4) is 16.9 Å². The Morgan fingerprint density at radius 3 is 2.21 bits per heavy atom. The Hall–Kier alpha value is -3.60. The smallest absolute Gasteiger partial charge is 0.307 e. The average molecular weight is 446 g/mol. The van der Waals surface area contributed by atoms with Gasteiger partial charge in [-0.2, -0.15) is 0 Å². The maximum Gasteiger partial charge on any atom is 0.307 e. The average Bonchev–Trinajstić information content (AvgIpc) is 2.81. The number of carboxylic acid groups (broad SMARTS) is 1. The highest BCUT2D eigenvalue weighted by Crippen LogP contribution is 2.23. The summed E-state index contributed by atoms with van der Waals surface area (Å²) >= 11 is 0. The number of hydrogen-bond acceptors (Lipinski definition) is 4. The Labute approximate surface area is 195 Å². The van der Waals surface area contributed by atoms with E-state index in [1.54, 1.807) is 24.3 Å². The van der Waals surface area contributed by atoms with Gasteiger partial charge in [-0.3, -0.25) is 4.79 Å². The van der Waals surface area contributed by atoms with Crippen molar-refractivity contribution >= 4 is 11.7 Å². The van der Waals surface area contributed by atoms with Crippen molar-refractivity contribution in [3.05, 3.63) is 89.5 Å². The monoisotopic (exact) mass is 445 g/mol. The number of carboxylic acids is 1. The van der Waals surface area contributed by atoms with Gasteiger partial charge in [0.2, 0.25) is 0 Å². The Bertz CT molecular complexity index is 1070. The predicted octanol–water partition coefficient (Wildman–Crippen LogP) is 6.31. The number of rotatable bonds is 11. The van der Waals surface area contributed by atoms with Crippen LogP contribution in [-0.2, 0) is 16.1 Å². The first-order chi connectivity index (χ1) is 16.0. The van der Waals surface area contributed by atoms with Crippen LogP contribution in [0, 0.1) is 0 Å². The van der Waals surface area contributed by atoms with Crippen molar-refractivity contribution in [1.82, 2.24) is 0 Å². The maximum absolute atomic E-state index is 10.8. The van der Waals surface area contributed by atoms with Gasteiger partial charge in [-0.15, -0.1) is 0 Å². The molecule has 0 aliphatic carbocycles. The highest BCUT2D eigenvalue weighted by atomic mass is 16.6. The zero-order valence-electron chi connectivity index (χ0n) is 19.5. The third kappa shape index (κ3) is 7.21. The van der Waals surface area contributed by atoms with Gasteiger partial charge in [0, 0.05) is 0 Å². The van der Waals surface area contributed by atoms with Gasteiger partial charge in [-0.25, -0.2) is 0 Å². The number of nitrogens with zero attached hydrogens (tertiary/aromatic N) is 1. The molecule has 3 rings (SSSR count). The van der Waals surface area contributed by atoms with Crippen LogP contribution in [0.4, 0.5) is 0 Å². The van der Waals surface area contributed by atoms with Gasteiger partial charge in [0.15, 0.2) is 6.61 Å². The molecule has 0 bridgehead atoms. The number of aliphatic carboxylic acids is 1. The van der Waals surface area contributed by atoms with Crippen LogP contribution in [0.3, 0.4) is 0 Å². The summed E-state index contributed by atoms with van der Waals surface area (Å²) in [6.07, 6.45) is 0.723. The van der Waals surface area contributed by atoms with Gasteiger partial charge in [0.05, 0.1) is 12.1 Å². The van der Waals surface area contributed by atoms with Crippen LogP contribution >= 0.6 is 0 Å². The molecule has 172 valence electrons. The number of hydrogen-bond donors (Lipinski definition) is 1. The lowest BCUT2D eigenvalue weighted by Gasteiger charge is -2.09. The van der Waals surface area contributed by atoms with E-state index in [0.717, 1.165) is 17.7 Å². The van der Waals surface area contributed by atoms with E-state index in [9.17, 15) is 4.79 Å². The molecule has 0 amide bonds. The quantitative estimate of drug-likeness (QED) is 0.213. The highest BCUT2D eigenvalue weighted by molar-refractivity contribution is 6.00. The normalized spacial score (nSPS) is 11.5. The van der Waals surface area contributed by atoms with Crippen molar-refractivity contribution in [3.63, 3.8) is 0 Å². The van der Waals surface area contributed by atoms with Crippen LogP contribution in [0.25, 0.3) is 11.1 Å². The molecular weight excluding hydrogens is 414 g/mol. The van der Waals surface area contributed by atoms with Crippen LogP contribution in [0.5, 0.6) is 5.75 Å². The van der Waals surface area contributed by atoms with Gasteiger partial charge in [-0.1, -0.05) is 86.6 Å². The van der Waals surface area contributed by atoms with Gasteiger partial charge < -0.3 is 14.7 Å². The number of ether oxygens (including phenoxy) is 1. The molecule has 0 radical (unpaired) electrons. The maximum atomic E-state index is 10.8. The van der Waals surface area contributed by atoms with Crippen molar-refractivity contribution in [2.45, 2.75) is 39.5 Å². The van der Waals surface area contributed by atoms with Crippen LogP contribution in [-0.4, -0.2) is 30.0 Å². The summed E-state index contributed by atoms with van der Waals surface area (Å²) in [5, 5.41) is 13.2. The van der Waals surface area contributed by atoms with Crippen molar-refractivity contribution in [2.24, 2.45) is 5.16 Å². The summed E-state index contributed by atoms with van der Waals surface area (Å²) in [5.41, 5.74) is 6.31. The van der Waals surface area contributed by atoms with Gasteiger partial charge in [0.1, 0.15) is 12.4 Å². The lowest BCUT2D eigenvalue weighted by molar-refractivity contribution is -0.136. The summed E-state index contributed by atoms with van der Waals surface area (Å²) in [4.78, 5) is 16.3. The second-order valence-corrected chi connectivity index (χ2v) is 8.15. The second-order valence-electron chi connectivity index (χ2n) is 8.15. The molecule has 0 saturated heterocycles. The topological polar surface area (TPSA) is 68.1 Å². The molecule has 0 spiro atoms. The first kappa shape index (κ1) is 24.1. The molecule has 0 atom stereocenters. The number of carbonyl (C=O) groups is 1. The highest BCUT2D eigenvalue weighted by Gasteiger charge is 2.06. The Balaban J connectivity index is 1.53. The van der Waals surface area contributed by atoms with Crippen LogP contribution < -0.4 is 4.74 Å². The van der Waals surface area contributed by atoms with Crippen LogP contribution in [0.1, 0.15) is 49.8 Å². The van der Waals surface area contributed by atoms with E-state index in [2.05, 4.69) is 67.5 Å². The van der Waals surface area contributed by atoms with Crippen molar-refractivity contribution in [2.75, 3.05) is 13.2 Å². The summed E-state index contributed by atoms with van der Waals surface area (Å²) in [5.74, 6) is 0.278. The molecule has 0 saturated carbocycles. The minimum absolute atomic E-state index is 0.0279. The molecule has 0 fully saturated rings. The molecule has 0 aromatic heterocycles. The molecule has 0 aliphatic heterocycles. The largest absolute Gasteiger partial charge is 0.490 e. The minimum atomic E-state index is -0.867. The molecule has 0 heterocycles. The predicted molar refractivity (Wildman–Crippen MR) is 132 cm³/mol. The molecule has 0 unspecified atom stereocenters. The van der Waals surface area contributed by atoms with E-state index in [0.29, 0.717) is 30.4 Å². The SMILES string of the molecule is CC/C(=N\OCCOc1cccc(CC(=O)O)c1)c1ccc(-c2ccc(C(C)C)cc2)cc1. The van der Waals surface area contributed by atoms with E-state index in [4.69, 9.17) is 14.7 Å². The molecule has 5 heteroatoms. The fraction of sp³-hybridized carbons (Fsp3) is 0.286. The molecular formula is C28H31NO4. The molecule has 3 aromatic rings. The fourth-order valence-electron chi connectivity index (χ4n) is 3.48. The van der Waals surface area contributed by atoms with E-state index >= 15 is 0 Å². The molecule has 33 heavy (non-hydrogen) atoms. The van der Waals surface area contributed by atoms with E-state index in [-0.39, 0.29) is 6.42 Å². The van der Waals surface area contributed by atoms with E-state index in [1.807, 2.05) is 6.92 Å². The lowest BCUT2D eigenvalue weighted by atomic mass is 9.97.